The molecule has 5 unspecified atom stereocenters. The molecule has 0 bridgehead atoms. The van der Waals surface area contributed by atoms with Crippen LogP contribution in [0, 0.1) is 0 Å². The molecular formula is C17H22O8. The number of ether oxygens (including phenoxy) is 3. The Balaban J connectivity index is 1.94. The molecule has 1 saturated heterocycles. The van der Waals surface area contributed by atoms with Gasteiger partial charge in [-0.05, 0) is 30.7 Å². The molecule has 0 radical (unpaired) electrons. The van der Waals surface area contributed by atoms with Gasteiger partial charge < -0.3 is 34.6 Å². The van der Waals surface area contributed by atoms with Gasteiger partial charge in [-0.3, -0.25) is 0 Å². The van der Waals surface area contributed by atoms with E-state index < -0.39 is 43.3 Å². The Morgan fingerprint density at radius 2 is 1.84 bits per heavy atom. The zero-order chi connectivity index (χ0) is 18.4. The van der Waals surface area contributed by atoms with Crippen LogP contribution in [0.5, 0.6) is 5.75 Å². The van der Waals surface area contributed by atoms with Gasteiger partial charge in [0.05, 0.1) is 13.2 Å². The SMILES string of the molecule is CCOc1ccc(C=CC(=O)OC2OC(CO)C(O)C(O)C2O)cc1. The van der Waals surface area contributed by atoms with Gasteiger partial charge in [0.25, 0.3) is 0 Å². The summed E-state index contributed by atoms with van der Waals surface area (Å²) in [7, 11) is 0. The molecule has 1 aliphatic rings. The summed E-state index contributed by atoms with van der Waals surface area (Å²) < 4.78 is 15.3. The van der Waals surface area contributed by atoms with Crippen LogP contribution >= 0.6 is 0 Å². The van der Waals surface area contributed by atoms with Crippen molar-refractivity contribution in [1.29, 1.82) is 0 Å². The summed E-state index contributed by atoms with van der Waals surface area (Å²) in [6, 6.07) is 7.02. The molecule has 0 amide bonds. The van der Waals surface area contributed by atoms with Gasteiger partial charge in [0.2, 0.25) is 6.29 Å². The number of benzene rings is 1. The van der Waals surface area contributed by atoms with E-state index in [1.165, 1.54) is 6.08 Å². The summed E-state index contributed by atoms with van der Waals surface area (Å²) in [6.07, 6.45) is -4.72. The van der Waals surface area contributed by atoms with E-state index in [0.29, 0.717) is 12.4 Å². The van der Waals surface area contributed by atoms with E-state index in [9.17, 15) is 20.1 Å². The normalized spacial score (nSPS) is 29.6. The molecule has 8 heteroatoms. The molecule has 4 N–H and O–H groups in total. The highest BCUT2D eigenvalue weighted by atomic mass is 16.7. The molecule has 8 nitrogen and oxygen atoms in total. The highest BCUT2D eigenvalue weighted by Gasteiger charge is 2.45. The molecule has 2 rings (SSSR count). The first kappa shape index (κ1) is 19.4. The molecule has 0 aliphatic carbocycles. The molecule has 1 fully saturated rings. The number of esters is 1. The van der Waals surface area contributed by atoms with E-state index in [1.807, 2.05) is 6.92 Å². The van der Waals surface area contributed by atoms with E-state index in [1.54, 1.807) is 24.3 Å². The molecule has 0 saturated carbocycles. The maximum absolute atomic E-state index is 11.9. The van der Waals surface area contributed by atoms with E-state index >= 15 is 0 Å². The van der Waals surface area contributed by atoms with E-state index in [-0.39, 0.29) is 0 Å². The molecule has 25 heavy (non-hydrogen) atoms. The van der Waals surface area contributed by atoms with Crippen molar-refractivity contribution in [2.75, 3.05) is 13.2 Å². The molecule has 138 valence electrons. The van der Waals surface area contributed by atoms with Crippen LogP contribution in [0.25, 0.3) is 6.08 Å². The third-order valence-corrected chi connectivity index (χ3v) is 3.68. The molecule has 1 aromatic rings. The first-order valence-corrected chi connectivity index (χ1v) is 7.88. The van der Waals surface area contributed by atoms with Crippen LogP contribution in [0.2, 0.25) is 0 Å². The van der Waals surface area contributed by atoms with Crippen LogP contribution in [-0.4, -0.2) is 70.3 Å². The Morgan fingerprint density at radius 1 is 1.16 bits per heavy atom. The average molecular weight is 354 g/mol. The minimum absolute atomic E-state index is 0.556. The third kappa shape index (κ3) is 5.00. The van der Waals surface area contributed by atoms with E-state index in [0.717, 1.165) is 11.6 Å². The average Bonchev–Trinajstić information content (AvgIpc) is 2.62. The zero-order valence-corrected chi connectivity index (χ0v) is 13.7. The van der Waals surface area contributed by atoms with Crippen LogP contribution in [0.3, 0.4) is 0 Å². The lowest BCUT2D eigenvalue weighted by Gasteiger charge is -2.38. The number of carbonyl (C=O) groups is 1. The van der Waals surface area contributed by atoms with Crippen molar-refractivity contribution in [3.05, 3.63) is 35.9 Å². The van der Waals surface area contributed by atoms with E-state index in [2.05, 4.69) is 0 Å². The fourth-order valence-electron chi connectivity index (χ4n) is 2.32. The fraction of sp³-hybridized carbons (Fsp3) is 0.471. The largest absolute Gasteiger partial charge is 0.494 e. The summed E-state index contributed by atoms with van der Waals surface area (Å²) >= 11 is 0. The predicted molar refractivity (Wildman–Crippen MR) is 86.5 cm³/mol. The standard InChI is InChI=1S/C17H22O8/c1-2-23-11-6-3-10(4-7-11)5-8-13(19)25-17-16(22)15(21)14(20)12(9-18)24-17/h3-8,12,14-18,20-22H,2,9H2,1H3. The van der Waals surface area contributed by atoms with Crippen LogP contribution in [0.1, 0.15) is 12.5 Å². The summed E-state index contributed by atoms with van der Waals surface area (Å²) in [5, 5.41) is 38.2. The number of rotatable bonds is 6. The molecule has 5 atom stereocenters. The number of aliphatic hydroxyl groups excluding tert-OH is 4. The second-order valence-corrected chi connectivity index (χ2v) is 5.47. The minimum Gasteiger partial charge on any atom is -0.494 e. The van der Waals surface area contributed by atoms with Crippen LogP contribution in [0.4, 0.5) is 0 Å². The topological polar surface area (TPSA) is 126 Å². The first-order chi connectivity index (χ1) is 12.0. The summed E-state index contributed by atoms with van der Waals surface area (Å²) in [6.45, 7) is 1.84. The van der Waals surface area contributed by atoms with Gasteiger partial charge in [-0.1, -0.05) is 12.1 Å². The molecule has 0 spiro atoms. The zero-order valence-electron chi connectivity index (χ0n) is 13.7. The molecule has 1 heterocycles. The maximum Gasteiger partial charge on any atom is 0.333 e. The lowest BCUT2D eigenvalue weighted by Crippen LogP contribution is -2.59. The smallest absolute Gasteiger partial charge is 0.333 e. The van der Waals surface area contributed by atoms with Crippen molar-refractivity contribution in [3.8, 4) is 5.75 Å². The molecule has 0 aromatic heterocycles. The molecule has 1 aromatic carbocycles. The Kier molecular flexibility index (Phi) is 6.91. The number of hydrogen-bond acceptors (Lipinski definition) is 8. The van der Waals surface area contributed by atoms with Crippen LogP contribution < -0.4 is 4.74 Å². The number of hydrogen-bond donors (Lipinski definition) is 4. The Bertz CT molecular complexity index is 583. The Morgan fingerprint density at radius 3 is 2.44 bits per heavy atom. The Labute approximate surface area is 144 Å². The molecular weight excluding hydrogens is 332 g/mol. The minimum atomic E-state index is -1.62. The van der Waals surface area contributed by atoms with Gasteiger partial charge in [0.15, 0.2) is 0 Å². The van der Waals surface area contributed by atoms with Crippen molar-refractivity contribution in [2.24, 2.45) is 0 Å². The number of aliphatic hydroxyl groups is 4. The first-order valence-electron chi connectivity index (χ1n) is 7.88. The second kappa shape index (κ2) is 8.93. The lowest BCUT2D eigenvalue weighted by atomic mass is 9.99. The monoisotopic (exact) mass is 354 g/mol. The highest BCUT2D eigenvalue weighted by molar-refractivity contribution is 5.87. The van der Waals surface area contributed by atoms with Crippen LogP contribution in [0.15, 0.2) is 30.3 Å². The Hall–Kier alpha value is -1.97. The van der Waals surface area contributed by atoms with Gasteiger partial charge in [0.1, 0.15) is 30.2 Å². The fourth-order valence-corrected chi connectivity index (χ4v) is 2.32. The lowest BCUT2D eigenvalue weighted by molar-refractivity contribution is -0.291. The van der Waals surface area contributed by atoms with Gasteiger partial charge in [-0.2, -0.15) is 0 Å². The van der Waals surface area contributed by atoms with Crippen molar-refractivity contribution in [1.82, 2.24) is 0 Å². The van der Waals surface area contributed by atoms with Crippen molar-refractivity contribution >= 4 is 12.0 Å². The van der Waals surface area contributed by atoms with Crippen molar-refractivity contribution in [2.45, 2.75) is 37.6 Å². The quantitative estimate of drug-likeness (QED) is 0.396. The summed E-state index contributed by atoms with van der Waals surface area (Å²) in [5.41, 5.74) is 0.731. The molecule has 1 aliphatic heterocycles. The van der Waals surface area contributed by atoms with Crippen molar-refractivity contribution < 1.29 is 39.4 Å². The van der Waals surface area contributed by atoms with Gasteiger partial charge in [-0.15, -0.1) is 0 Å². The van der Waals surface area contributed by atoms with Crippen molar-refractivity contribution in [3.63, 3.8) is 0 Å². The third-order valence-electron chi connectivity index (χ3n) is 3.68. The summed E-state index contributed by atoms with van der Waals surface area (Å²) in [5.74, 6) is -0.0956. The predicted octanol–water partition coefficient (Wildman–Crippen LogP) is -0.558. The highest BCUT2D eigenvalue weighted by Crippen LogP contribution is 2.22. The van der Waals surface area contributed by atoms with Gasteiger partial charge in [-0.25, -0.2) is 4.79 Å². The van der Waals surface area contributed by atoms with E-state index in [4.69, 9.17) is 19.3 Å². The maximum atomic E-state index is 11.9. The summed E-state index contributed by atoms with van der Waals surface area (Å²) in [4.78, 5) is 11.9. The van der Waals surface area contributed by atoms with Crippen LogP contribution in [-0.2, 0) is 14.3 Å². The number of carbonyl (C=O) groups excluding carboxylic acids is 1. The van der Waals surface area contributed by atoms with Gasteiger partial charge in [0, 0.05) is 6.08 Å². The van der Waals surface area contributed by atoms with Gasteiger partial charge >= 0.3 is 5.97 Å². The second-order valence-electron chi connectivity index (χ2n) is 5.47.